The van der Waals surface area contributed by atoms with E-state index in [2.05, 4.69) is 20.6 Å². The maximum atomic E-state index is 12.4. The van der Waals surface area contributed by atoms with Crippen LogP contribution in [0.2, 0.25) is 5.02 Å². The van der Waals surface area contributed by atoms with Crippen LogP contribution in [0.1, 0.15) is 5.56 Å². The van der Waals surface area contributed by atoms with Gasteiger partial charge in [0.15, 0.2) is 17.1 Å². The maximum absolute atomic E-state index is 12.4. The average molecular weight is 454 g/mol. The number of hydrogen-bond acceptors (Lipinski definition) is 7. The Kier molecular flexibility index (Phi) is 5.13. The maximum Gasteiger partial charge on any atom is 0.234 e. The summed E-state index contributed by atoms with van der Waals surface area (Å²) >= 11 is 7.37. The Balaban J connectivity index is 1.34. The first kappa shape index (κ1) is 19.7. The molecule has 2 aromatic heterocycles. The van der Waals surface area contributed by atoms with Gasteiger partial charge in [0.05, 0.1) is 11.4 Å². The molecular formula is C21H16ClN5O3S. The zero-order valence-corrected chi connectivity index (χ0v) is 17.9. The number of halogens is 1. The second kappa shape index (κ2) is 8.09. The Hall–Kier alpha value is -3.30. The number of ether oxygens (including phenoxy) is 2. The molecule has 1 aliphatic rings. The van der Waals surface area contributed by atoms with Crippen LogP contribution in [0.4, 0.5) is 5.69 Å². The molecule has 156 valence electrons. The number of thioether (sulfide) groups is 1. The molecule has 0 atom stereocenters. The van der Waals surface area contributed by atoms with Crippen molar-refractivity contribution in [3.63, 3.8) is 0 Å². The lowest BCUT2D eigenvalue weighted by Gasteiger charge is -2.09. The van der Waals surface area contributed by atoms with Gasteiger partial charge in [0, 0.05) is 16.3 Å². The van der Waals surface area contributed by atoms with Gasteiger partial charge < -0.3 is 14.8 Å². The Morgan fingerprint density at radius 2 is 2.03 bits per heavy atom. The first-order valence-corrected chi connectivity index (χ1v) is 10.7. The first-order chi connectivity index (χ1) is 15.1. The van der Waals surface area contributed by atoms with Crippen LogP contribution in [-0.4, -0.2) is 38.3 Å². The number of carbonyl (C=O) groups excluding carboxylic acids is 1. The van der Waals surface area contributed by atoms with Crippen molar-refractivity contribution < 1.29 is 14.3 Å². The molecule has 2 aromatic carbocycles. The third-order valence-electron chi connectivity index (χ3n) is 4.78. The van der Waals surface area contributed by atoms with E-state index in [4.69, 9.17) is 21.1 Å². The molecule has 31 heavy (non-hydrogen) atoms. The number of benzene rings is 2. The highest BCUT2D eigenvalue weighted by molar-refractivity contribution is 7.99. The molecule has 0 spiro atoms. The van der Waals surface area contributed by atoms with Gasteiger partial charge in [-0.25, -0.2) is 0 Å². The number of aromatic nitrogens is 4. The molecule has 1 amide bonds. The summed E-state index contributed by atoms with van der Waals surface area (Å²) in [4.78, 5) is 12.4. The summed E-state index contributed by atoms with van der Waals surface area (Å²) in [5, 5.41) is 16.9. The number of nitrogens with zero attached hydrogens (tertiary/aromatic N) is 4. The van der Waals surface area contributed by atoms with E-state index in [1.165, 1.54) is 11.8 Å². The van der Waals surface area contributed by atoms with Crippen molar-refractivity contribution in [2.45, 2.75) is 12.1 Å². The number of rotatable bonds is 5. The normalized spacial score (nSPS) is 12.3. The topological polar surface area (TPSA) is 90.6 Å². The highest BCUT2D eigenvalue weighted by Crippen LogP contribution is 2.35. The largest absolute Gasteiger partial charge is 0.454 e. The predicted molar refractivity (Wildman–Crippen MR) is 118 cm³/mol. The monoisotopic (exact) mass is 453 g/mol. The minimum absolute atomic E-state index is 0.155. The van der Waals surface area contributed by atoms with Crippen molar-refractivity contribution in [2.24, 2.45) is 0 Å². The summed E-state index contributed by atoms with van der Waals surface area (Å²) in [7, 11) is 0. The Morgan fingerprint density at radius 1 is 1.16 bits per heavy atom. The summed E-state index contributed by atoms with van der Waals surface area (Å²) in [5.41, 5.74) is 3.72. The third kappa shape index (κ3) is 3.89. The lowest BCUT2D eigenvalue weighted by molar-refractivity contribution is -0.113. The van der Waals surface area contributed by atoms with Gasteiger partial charge in [-0.05, 0) is 55.0 Å². The molecular weight excluding hydrogens is 438 g/mol. The fourth-order valence-corrected chi connectivity index (χ4v) is 3.99. The van der Waals surface area contributed by atoms with Crippen LogP contribution in [0, 0.1) is 6.92 Å². The zero-order valence-electron chi connectivity index (χ0n) is 16.3. The summed E-state index contributed by atoms with van der Waals surface area (Å²) in [5.74, 6) is 1.39. The van der Waals surface area contributed by atoms with Gasteiger partial charge in [-0.15, -0.1) is 10.2 Å². The van der Waals surface area contributed by atoms with Crippen molar-refractivity contribution in [1.29, 1.82) is 0 Å². The number of amides is 1. The van der Waals surface area contributed by atoms with E-state index in [1.807, 2.05) is 43.3 Å². The lowest BCUT2D eigenvalue weighted by Crippen LogP contribution is -2.15. The van der Waals surface area contributed by atoms with Crippen LogP contribution in [0.25, 0.3) is 16.9 Å². The quantitative estimate of drug-likeness (QED) is 0.452. The van der Waals surface area contributed by atoms with Crippen molar-refractivity contribution in [2.75, 3.05) is 17.9 Å². The first-order valence-electron chi connectivity index (χ1n) is 9.39. The second-order valence-electron chi connectivity index (χ2n) is 6.79. The second-order valence-corrected chi connectivity index (χ2v) is 8.14. The molecule has 1 aliphatic heterocycles. The SMILES string of the molecule is Cc1c(Cl)cccc1NC(=O)CSc1nnc2ccc(-c3ccc4c(c3)OCO4)nn12. The van der Waals surface area contributed by atoms with E-state index in [1.54, 1.807) is 16.6 Å². The van der Waals surface area contributed by atoms with Gasteiger partial charge in [0.2, 0.25) is 17.9 Å². The van der Waals surface area contributed by atoms with Gasteiger partial charge >= 0.3 is 0 Å². The predicted octanol–water partition coefficient (Wildman–Crippen LogP) is 4.21. The highest BCUT2D eigenvalue weighted by Gasteiger charge is 2.16. The van der Waals surface area contributed by atoms with Crippen LogP contribution in [0.5, 0.6) is 11.5 Å². The molecule has 0 aliphatic carbocycles. The molecule has 0 fully saturated rings. The van der Waals surface area contributed by atoms with E-state index in [0.29, 0.717) is 33.0 Å². The molecule has 0 radical (unpaired) electrons. The van der Waals surface area contributed by atoms with Gasteiger partial charge in [0.1, 0.15) is 0 Å². The van der Waals surface area contributed by atoms with E-state index in [-0.39, 0.29) is 18.5 Å². The minimum atomic E-state index is -0.168. The minimum Gasteiger partial charge on any atom is -0.454 e. The molecule has 10 heteroatoms. The van der Waals surface area contributed by atoms with Crippen LogP contribution < -0.4 is 14.8 Å². The number of carbonyl (C=O) groups is 1. The van der Waals surface area contributed by atoms with E-state index in [0.717, 1.165) is 16.8 Å². The van der Waals surface area contributed by atoms with Gasteiger partial charge in [-0.1, -0.05) is 29.4 Å². The molecule has 8 nitrogen and oxygen atoms in total. The zero-order chi connectivity index (χ0) is 21.4. The third-order valence-corrected chi connectivity index (χ3v) is 6.11. The highest BCUT2D eigenvalue weighted by atomic mass is 35.5. The molecule has 5 rings (SSSR count). The van der Waals surface area contributed by atoms with Gasteiger partial charge in [-0.2, -0.15) is 9.61 Å². The summed E-state index contributed by atoms with van der Waals surface area (Å²) in [6.45, 7) is 2.08. The van der Waals surface area contributed by atoms with Crippen LogP contribution in [0.3, 0.4) is 0 Å². The average Bonchev–Trinajstić information content (AvgIpc) is 3.41. The number of nitrogens with one attached hydrogen (secondary N) is 1. The van der Waals surface area contributed by atoms with Crippen LogP contribution in [0.15, 0.2) is 53.7 Å². The fourth-order valence-electron chi connectivity index (χ4n) is 3.13. The number of anilines is 1. The summed E-state index contributed by atoms with van der Waals surface area (Å²) in [6, 6.07) is 14.7. The standard InChI is InChI=1S/C21H16ClN5O3S/c1-12-14(22)3-2-4-15(12)23-20(28)10-31-21-25-24-19-8-6-16(26-27(19)21)13-5-7-17-18(9-13)30-11-29-17/h2-9H,10-11H2,1H3,(H,23,28). The molecule has 0 saturated carbocycles. The van der Waals surface area contributed by atoms with Crippen molar-refractivity contribution in [3.05, 3.63) is 59.1 Å². The molecule has 3 heterocycles. The van der Waals surface area contributed by atoms with E-state index >= 15 is 0 Å². The Bertz CT molecular complexity index is 1310. The number of hydrogen-bond donors (Lipinski definition) is 1. The molecule has 4 aromatic rings. The van der Waals surface area contributed by atoms with Gasteiger partial charge in [0.25, 0.3) is 0 Å². The summed E-state index contributed by atoms with van der Waals surface area (Å²) in [6.07, 6.45) is 0. The molecule has 1 N–H and O–H groups in total. The molecule has 0 unspecified atom stereocenters. The van der Waals surface area contributed by atoms with Crippen LogP contribution in [-0.2, 0) is 4.79 Å². The lowest BCUT2D eigenvalue weighted by atomic mass is 10.1. The van der Waals surface area contributed by atoms with E-state index < -0.39 is 0 Å². The van der Waals surface area contributed by atoms with E-state index in [9.17, 15) is 4.79 Å². The van der Waals surface area contributed by atoms with Crippen molar-refractivity contribution >= 4 is 40.6 Å². The number of fused-ring (bicyclic) bond motifs is 2. The Labute approximate surface area is 186 Å². The van der Waals surface area contributed by atoms with Crippen LogP contribution >= 0.6 is 23.4 Å². The van der Waals surface area contributed by atoms with Crippen molar-refractivity contribution in [3.8, 4) is 22.8 Å². The fraction of sp³-hybridized carbons (Fsp3) is 0.143. The Morgan fingerprint density at radius 3 is 2.94 bits per heavy atom. The smallest absolute Gasteiger partial charge is 0.234 e. The molecule has 0 bridgehead atoms. The van der Waals surface area contributed by atoms with Gasteiger partial charge in [-0.3, -0.25) is 4.79 Å². The molecule has 0 saturated heterocycles. The summed E-state index contributed by atoms with van der Waals surface area (Å²) < 4.78 is 12.4. The van der Waals surface area contributed by atoms with Crippen molar-refractivity contribution in [1.82, 2.24) is 19.8 Å².